The Labute approximate surface area is 116 Å². The van der Waals surface area contributed by atoms with Crippen molar-refractivity contribution in [1.29, 1.82) is 0 Å². The minimum Gasteiger partial charge on any atom is -0.387 e. The van der Waals surface area contributed by atoms with E-state index in [1.807, 2.05) is 31.2 Å². The van der Waals surface area contributed by atoms with Gasteiger partial charge >= 0.3 is 0 Å². The summed E-state index contributed by atoms with van der Waals surface area (Å²) >= 11 is 3.45. The van der Waals surface area contributed by atoms with E-state index >= 15 is 0 Å². The molecule has 1 heterocycles. The van der Waals surface area contributed by atoms with Gasteiger partial charge in [0.1, 0.15) is 0 Å². The van der Waals surface area contributed by atoms with Crippen molar-refractivity contribution in [3.8, 4) is 0 Å². The van der Waals surface area contributed by atoms with E-state index in [4.69, 9.17) is 0 Å². The summed E-state index contributed by atoms with van der Waals surface area (Å²) < 4.78 is 1.04. The van der Waals surface area contributed by atoms with E-state index < -0.39 is 6.10 Å². The molecule has 0 amide bonds. The zero-order valence-corrected chi connectivity index (χ0v) is 12.5. The van der Waals surface area contributed by atoms with Gasteiger partial charge in [0.15, 0.2) is 0 Å². The molecule has 0 aliphatic heterocycles. The van der Waals surface area contributed by atoms with Crippen LogP contribution in [0, 0.1) is 20.8 Å². The minimum atomic E-state index is -0.480. The first-order valence-electron chi connectivity index (χ1n) is 6.07. The molecule has 2 aromatic rings. The highest BCUT2D eigenvalue weighted by atomic mass is 79.9. The van der Waals surface area contributed by atoms with Gasteiger partial charge in [-0.1, -0.05) is 28.1 Å². The van der Waals surface area contributed by atoms with Crippen molar-refractivity contribution < 1.29 is 5.11 Å². The molecule has 1 atom stereocenters. The van der Waals surface area contributed by atoms with Crippen molar-refractivity contribution in [3.63, 3.8) is 0 Å². The largest absolute Gasteiger partial charge is 0.387 e. The van der Waals surface area contributed by atoms with Crippen molar-refractivity contribution in [2.24, 2.45) is 0 Å². The van der Waals surface area contributed by atoms with Gasteiger partial charge in [0.25, 0.3) is 0 Å². The molecule has 0 spiro atoms. The maximum absolute atomic E-state index is 10.3. The lowest BCUT2D eigenvalue weighted by molar-refractivity contribution is 0.173. The molecule has 2 nitrogen and oxygen atoms in total. The maximum atomic E-state index is 10.3. The molecule has 96 valence electrons. The molecule has 0 bridgehead atoms. The van der Waals surface area contributed by atoms with E-state index in [-0.39, 0.29) is 0 Å². The average molecular weight is 308 g/mol. The first-order chi connectivity index (χ1) is 8.49. The smallest absolute Gasteiger partial charge is 0.0980 e. The summed E-state index contributed by atoms with van der Waals surface area (Å²) in [5.74, 6) is 0. The molecule has 1 unspecified atom stereocenters. The summed E-state index contributed by atoms with van der Waals surface area (Å²) in [6, 6.07) is 8.06. The number of H-pyrrole nitrogens is 1. The zero-order valence-electron chi connectivity index (χ0n) is 10.9. The van der Waals surface area contributed by atoms with Gasteiger partial charge < -0.3 is 10.1 Å². The van der Waals surface area contributed by atoms with E-state index in [0.717, 1.165) is 27.0 Å². The van der Waals surface area contributed by atoms with Crippen LogP contribution in [0.15, 0.2) is 28.7 Å². The molecule has 18 heavy (non-hydrogen) atoms. The second-order valence-electron chi connectivity index (χ2n) is 4.76. The number of rotatable bonds is 3. The summed E-state index contributed by atoms with van der Waals surface area (Å²) in [5.41, 5.74) is 5.59. The maximum Gasteiger partial charge on any atom is 0.0980 e. The second kappa shape index (κ2) is 5.29. The van der Waals surface area contributed by atoms with Gasteiger partial charge in [0.05, 0.1) is 6.10 Å². The third-order valence-corrected chi connectivity index (χ3v) is 4.00. The molecule has 1 aromatic heterocycles. The number of aromatic amines is 1. The number of aliphatic hydroxyl groups is 1. The van der Waals surface area contributed by atoms with Crippen LogP contribution in [0.1, 0.15) is 34.2 Å². The number of nitrogens with one attached hydrogen (secondary N) is 1. The second-order valence-corrected chi connectivity index (χ2v) is 5.68. The summed E-state index contributed by atoms with van der Waals surface area (Å²) in [7, 11) is 0. The topological polar surface area (TPSA) is 36.0 Å². The van der Waals surface area contributed by atoms with Crippen LogP contribution in [-0.2, 0) is 6.42 Å². The Hall–Kier alpha value is -1.06. The lowest BCUT2D eigenvalue weighted by Crippen LogP contribution is -2.04. The molecular weight excluding hydrogens is 290 g/mol. The predicted molar refractivity (Wildman–Crippen MR) is 77.8 cm³/mol. The van der Waals surface area contributed by atoms with E-state index in [2.05, 4.69) is 34.8 Å². The van der Waals surface area contributed by atoms with Crippen LogP contribution >= 0.6 is 15.9 Å². The van der Waals surface area contributed by atoms with Gasteiger partial charge in [0.2, 0.25) is 0 Å². The molecule has 3 heteroatoms. The predicted octanol–water partition coefficient (Wildman–Crippen LogP) is 3.98. The molecule has 0 saturated heterocycles. The number of hydrogen-bond acceptors (Lipinski definition) is 1. The molecule has 1 aromatic carbocycles. The first-order valence-corrected chi connectivity index (χ1v) is 6.86. The Bertz CT molecular complexity index is 560. The standard InChI is InChI=1S/C15H18BrNO/c1-9-10(2)15(17-11(9)3)14(18)8-12-5-4-6-13(16)7-12/h4-7,14,17-18H,8H2,1-3H3. The Kier molecular flexibility index (Phi) is 3.93. The molecular formula is C15H18BrNO. The lowest BCUT2D eigenvalue weighted by Gasteiger charge is -2.11. The molecule has 0 aliphatic carbocycles. The van der Waals surface area contributed by atoms with E-state index in [1.165, 1.54) is 5.56 Å². The van der Waals surface area contributed by atoms with Crippen LogP contribution in [0.4, 0.5) is 0 Å². The number of aromatic nitrogens is 1. The quantitative estimate of drug-likeness (QED) is 0.884. The Morgan fingerprint density at radius 2 is 1.94 bits per heavy atom. The van der Waals surface area contributed by atoms with Gasteiger partial charge in [-0.3, -0.25) is 0 Å². The highest BCUT2D eigenvalue weighted by Crippen LogP contribution is 2.25. The fraction of sp³-hybridized carbons (Fsp3) is 0.333. The van der Waals surface area contributed by atoms with Crippen LogP contribution < -0.4 is 0 Å². The van der Waals surface area contributed by atoms with E-state index in [1.54, 1.807) is 0 Å². The number of aliphatic hydroxyl groups excluding tert-OH is 1. The Morgan fingerprint density at radius 3 is 2.50 bits per heavy atom. The minimum absolute atomic E-state index is 0.480. The van der Waals surface area contributed by atoms with Crippen LogP contribution in [-0.4, -0.2) is 10.1 Å². The molecule has 0 saturated carbocycles. The first kappa shape index (κ1) is 13.4. The fourth-order valence-electron chi connectivity index (χ4n) is 2.20. The number of aryl methyl sites for hydroxylation is 1. The highest BCUT2D eigenvalue weighted by Gasteiger charge is 2.16. The number of hydrogen-bond donors (Lipinski definition) is 2. The SMILES string of the molecule is Cc1[nH]c(C(O)Cc2cccc(Br)c2)c(C)c1C. The third-order valence-electron chi connectivity index (χ3n) is 3.50. The summed E-state index contributed by atoms with van der Waals surface area (Å²) in [4.78, 5) is 3.29. The van der Waals surface area contributed by atoms with Gasteiger partial charge in [0, 0.05) is 22.3 Å². The fourth-order valence-corrected chi connectivity index (χ4v) is 2.64. The van der Waals surface area contributed by atoms with Crippen LogP contribution in [0.25, 0.3) is 0 Å². The summed E-state index contributed by atoms with van der Waals surface area (Å²) in [6.45, 7) is 6.17. The van der Waals surface area contributed by atoms with Crippen molar-refractivity contribution in [3.05, 3.63) is 56.8 Å². The summed E-state index contributed by atoms with van der Waals surface area (Å²) in [6.07, 6.45) is 0.145. The highest BCUT2D eigenvalue weighted by molar-refractivity contribution is 9.10. The van der Waals surface area contributed by atoms with Gasteiger partial charge in [-0.2, -0.15) is 0 Å². The molecule has 0 fully saturated rings. The Morgan fingerprint density at radius 1 is 1.22 bits per heavy atom. The van der Waals surface area contributed by atoms with Gasteiger partial charge in [-0.15, -0.1) is 0 Å². The van der Waals surface area contributed by atoms with Crippen molar-refractivity contribution >= 4 is 15.9 Å². The lowest BCUT2D eigenvalue weighted by atomic mass is 10.0. The number of benzene rings is 1. The van der Waals surface area contributed by atoms with Crippen LogP contribution in [0.2, 0.25) is 0 Å². The molecule has 0 aliphatic rings. The van der Waals surface area contributed by atoms with Gasteiger partial charge in [-0.05, 0) is 49.6 Å². The van der Waals surface area contributed by atoms with Gasteiger partial charge in [-0.25, -0.2) is 0 Å². The molecule has 0 radical (unpaired) electrons. The van der Waals surface area contributed by atoms with E-state index in [0.29, 0.717) is 6.42 Å². The van der Waals surface area contributed by atoms with Crippen molar-refractivity contribution in [1.82, 2.24) is 4.98 Å². The monoisotopic (exact) mass is 307 g/mol. The van der Waals surface area contributed by atoms with E-state index in [9.17, 15) is 5.11 Å². The third kappa shape index (κ3) is 2.68. The van der Waals surface area contributed by atoms with Crippen LogP contribution in [0.3, 0.4) is 0 Å². The van der Waals surface area contributed by atoms with Crippen LogP contribution in [0.5, 0.6) is 0 Å². The van der Waals surface area contributed by atoms with Crippen molar-refractivity contribution in [2.45, 2.75) is 33.3 Å². The average Bonchev–Trinajstić information content (AvgIpc) is 2.57. The zero-order chi connectivity index (χ0) is 13.3. The Balaban J connectivity index is 2.22. The molecule has 2 rings (SSSR count). The normalized spacial score (nSPS) is 12.7. The summed E-state index contributed by atoms with van der Waals surface area (Å²) in [5, 5.41) is 10.3. The van der Waals surface area contributed by atoms with Crippen molar-refractivity contribution in [2.75, 3.05) is 0 Å². The molecule has 2 N–H and O–H groups in total. The number of halogens is 1.